The summed E-state index contributed by atoms with van der Waals surface area (Å²) in [5.74, 6) is 0. The highest BCUT2D eigenvalue weighted by molar-refractivity contribution is 5.82. The molecular formula is C10H13N3. The molecule has 68 valence electrons. The smallest absolute Gasteiger partial charge is 0.0838 e. The fourth-order valence-corrected chi connectivity index (χ4v) is 1.60. The van der Waals surface area contributed by atoms with E-state index in [-0.39, 0.29) is 0 Å². The van der Waals surface area contributed by atoms with Gasteiger partial charge in [-0.15, -0.1) is 0 Å². The van der Waals surface area contributed by atoms with Crippen LogP contribution in [0.25, 0.3) is 10.9 Å². The maximum atomic E-state index is 5.60. The molecule has 3 nitrogen and oxygen atoms in total. The fourth-order valence-electron chi connectivity index (χ4n) is 1.60. The lowest BCUT2D eigenvalue weighted by molar-refractivity contribution is 0.766. The lowest BCUT2D eigenvalue weighted by Gasteiger charge is -1.95. The van der Waals surface area contributed by atoms with Crippen LogP contribution in [0.2, 0.25) is 0 Å². The van der Waals surface area contributed by atoms with E-state index in [1.165, 1.54) is 10.9 Å². The van der Waals surface area contributed by atoms with Gasteiger partial charge < -0.3 is 5.73 Å². The second-order valence-corrected chi connectivity index (χ2v) is 3.30. The van der Waals surface area contributed by atoms with Gasteiger partial charge in [-0.3, -0.25) is 4.68 Å². The molecule has 2 N–H and O–H groups in total. The molecule has 2 rings (SSSR count). The number of aromatic nitrogens is 2. The van der Waals surface area contributed by atoms with Gasteiger partial charge in [-0.05, 0) is 19.1 Å². The molecule has 0 spiro atoms. The zero-order chi connectivity index (χ0) is 9.42. The molecule has 13 heavy (non-hydrogen) atoms. The van der Waals surface area contributed by atoms with Gasteiger partial charge in [0.25, 0.3) is 0 Å². The number of benzene rings is 1. The lowest BCUT2D eigenvalue weighted by atomic mass is 10.1. The van der Waals surface area contributed by atoms with E-state index in [0.29, 0.717) is 6.54 Å². The van der Waals surface area contributed by atoms with Crippen molar-refractivity contribution < 1.29 is 0 Å². The second-order valence-electron chi connectivity index (χ2n) is 3.30. The zero-order valence-electron chi connectivity index (χ0n) is 7.91. The molecule has 2 aromatic rings. The van der Waals surface area contributed by atoms with Crippen LogP contribution in [0.3, 0.4) is 0 Å². The minimum atomic E-state index is 0.501. The summed E-state index contributed by atoms with van der Waals surface area (Å²) in [7, 11) is 1.94. The van der Waals surface area contributed by atoms with Crippen LogP contribution >= 0.6 is 0 Å². The monoisotopic (exact) mass is 175 g/mol. The SMILES string of the molecule is Cc1ccc2c(c1)c(CN)nn2C. The Hall–Kier alpha value is -1.35. The molecule has 3 heteroatoms. The van der Waals surface area contributed by atoms with Crippen molar-refractivity contribution in [3.05, 3.63) is 29.5 Å². The molecule has 0 saturated heterocycles. The van der Waals surface area contributed by atoms with Crippen LogP contribution in [-0.2, 0) is 13.6 Å². The predicted octanol–water partition coefficient (Wildman–Crippen LogP) is 1.34. The molecule has 0 saturated carbocycles. The average molecular weight is 175 g/mol. The van der Waals surface area contributed by atoms with Crippen molar-refractivity contribution in [2.24, 2.45) is 12.8 Å². The van der Waals surface area contributed by atoms with E-state index in [0.717, 1.165) is 11.2 Å². The highest BCUT2D eigenvalue weighted by atomic mass is 15.3. The van der Waals surface area contributed by atoms with Gasteiger partial charge in [-0.1, -0.05) is 11.6 Å². The summed E-state index contributed by atoms with van der Waals surface area (Å²) >= 11 is 0. The van der Waals surface area contributed by atoms with Gasteiger partial charge in [0.2, 0.25) is 0 Å². The minimum Gasteiger partial charge on any atom is -0.325 e. The van der Waals surface area contributed by atoms with E-state index < -0.39 is 0 Å². The zero-order valence-corrected chi connectivity index (χ0v) is 7.91. The van der Waals surface area contributed by atoms with Crippen molar-refractivity contribution in [1.82, 2.24) is 9.78 Å². The van der Waals surface area contributed by atoms with Gasteiger partial charge in [-0.2, -0.15) is 5.10 Å². The highest BCUT2D eigenvalue weighted by Gasteiger charge is 2.05. The first kappa shape index (κ1) is 8.26. The molecule has 0 bridgehead atoms. The van der Waals surface area contributed by atoms with Crippen LogP contribution in [0.15, 0.2) is 18.2 Å². The Morgan fingerprint density at radius 1 is 1.46 bits per heavy atom. The number of aryl methyl sites for hydroxylation is 2. The third kappa shape index (κ3) is 1.21. The van der Waals surface area contributed by atoms with Crippen molar-refractivity contribution in [2.75, 3.05) is 0 Å². The highest BCUT2D eigenvalue weighted by Crippen LogP contribution is 2.18. The first-order valence-electron chi connectivity index (χ1n) is 4.34. The van der Waals surface area contributed by atoms with Gasteiger partial charge in [0.05, 0.1) is 11.2 Å². The maximum Gasteiger partial charge on any atom is 0.0838 e. The third-order valence-corrected chi connectivity index (χ3v) is 2.28. The Morgan fingerprint density at radius 2 is 2.23 bits per heavy atom. The van der Waals surface area contributed by atoms with Gasteiger partial charge in [0, 0.05) is 19.0 Å². The van der Waals surface area contributed by atoms with Crippen LogP contribution in [0.1, 0.15) is 11.3 Å². The van der Waals surface area contributed by atoms with Crippen molar-refractivity contribution in [3.63, 3.8) is 0 Å². The Labute approximate surface area is 77.2 Å². The number of nitrogens with two attached hydrogens (primary N) is 1. The van der Waals surface area contributed by atoms with Crippen LogP contribution < -0.4 is 5.73 Å². The molecule has 0 unspecified atom stereocenters. The summed E-state index contributed by atoms with van der Waals surface area (Å²) < 4.78 is 1.87. The maximum absolute atomic E-state index is 5.60. The molecule has 1 aromatic heterocycles. The van der Waals surface area contributed by atoms with Gasteiger partial charge >= 0.3 is 0 Å². The summed E-state index contributed by atoms with van der Waals surface area (Å²) in [6.07, 6.45) is 0. The molecule has 0 radical (unpaired) electrons. The second kappa shape index (κ2) is 2.85. The standard InChI is InChI=1S/C10H13N3/c1-7-3-4-10-8(5-7)9(6-11)12-13(10)2/h3-5H,6,11H2,1-2H3. The van der Waals surface area contributed by atoms with E-state index in [4.69, 9.17) is 5.73 Å². The molecule has 0 atom stereocenters. The molecule has 0 fully saturated rings. The molecule has 0 aliphatic rings. The Morgan fingerprint density at radius 3 is 2.92 bits per heavy atom. The minimum absolute atomic E-state index is 0.501. The van der Waals surface area contributed by atoms with E-state index in [1.54, 1.807) is 0 Å². The van der Waals surface area contributed by atoms with Crippen molar-refractivity contribution in [1.29, 1.82) is 0 Å². The van der Waals surface area contributed by atoms with Crippen molar-refractivity contribution in [2.45, 2.75) is 13.5 Å². The summed E-state index contributed by atoms with van der Waals surface area (Å²) in [5, 5.41) is 5.51. The van der Waals surface area contributed by atoms with E-state index in [1.807, 2.05) is 11.7 Å². The van der Waals surface area contributed by atoms with Crippen LogP contribution in [0.5, 0.6) is 0 Å². The van der Waals surface area contributed by atoms with Crippen LogP contribution in [0.4, 0.5) is 0 Å². The topological polar surface area (TPSA) is 43.8 Å². The predicted molar refractivity (Wildman–Crippen MR) is 53.3 cm³/mol. The number of nitrogens with zero attached hydrogens (tertiary/aromatic N) is 2. The Bertz CT molecular complexity index is 443. The Kier molecular flexibility index (Phi) is 1.81. The lowest BCUT2D eigenvalue weighted by Crippen LogP contribution is -1.98. The summed E-state index contributed by atoms with van der Waals surface area (Å²) in [6, 6.07) is 6.30. The number of hydrogen-bond acceptors (Lipinski definition) is 2. The normalized spacial score (nSPS) is 11.0. The van der Waals surface area contributed by atoms with Gasteiger partial charge in [0.1, 0.15) is 0 Å². The van der Waals surface area contributed by atoms with Gasteiger partial charge in [0.15, 0.2) is 0 Å². The third-order valence-electron chi connectivity index (χ3n) is 2.28. The molecular weight excluding hydrogens is 162 g/mol. The van der Waals surface area contributed by atoms with Crippen molar-refractivity contribution in [3.8, 4) is 0 Å². The number of hydrogen-bond donors (Lipinski definition) is 1. The first-order chi connectivity index (χ1) is 6.22. The van der Waals surface area contributed by atoms with E-state index in [9.17, 15) is 0 Å². The summed E-state index contributed by atoms with van der Waals surface area (Å²) in [6.45, 7) is 2.58. The fraction of sp³-hybridized carbons (Fsp3) is 0.300. The number of rotatable bonds is 1. The molecule has 0 aliphatic carbocycles. The molecule has 0 amide bonds. The summed E-state index contributed by atoms with van der Waals surface area (Å²) in [5.41, 5.74) is 8.97. The van der Waals surface area contributed by atoms with E-state index in [2.05, 4.69) is 30.2 Å². The first-order valence-corrected chi connectivity index (χ1v) is 4.34. The summed E-state index contributed by atoms with van der Waals surface area (Å²) in [4.78, 5) is 0. The van der Waals surface area contributed by atoms with E-state index >= 15 is 0 Å². The van der Waals surface area contributed by atoms with Crippen LogP contribution in [0, 0.1) is 6.92 Å². The molecule has 0 aliphatic heterocycles. The molecule has 1 aromatic carbocycles. The quantitative estimate of drug-likeness (QED) is 0.710. The van der Waals surface area contributed by atoms with Crippen molar-refractivity contribution >= 4 is 10.9 Å². The number of fused-ring (bicyclic) bond motifs is 1. The van der Waals surface area contributed by atoms with Crippen LogP contribution in [-0.4, -0.2) is 9.78 Å². The van der Waals surface area contributed by atoms with Gasteiger partial charge in [-0.25, -0.2) is 0 Å². The Balaban J connectivity index is 2.81. The average Bonchev–Trinajstić information content (AvgIpc) is 2.42. The molecule has 1 heterocycles. The largest absolute Gasteiger partial charge is 0.325 e.